The summed E-state index contributed by atoms with van der Waals surface area (Å²) < 4.78 is 5.56. The van der Waals surface area contributed by atoms with Gasteiger partial charge in [0.15, 0.2) is 29.2 Å². The van der Waals surface area contributed by atoms with Crippen LogP contribution in [0, 0.1) is 17.3 Å². The molecule has 2 aromatic heterocycles. The number of carbonyl (C=O) groups excluding carboxylic acids is 2. The third-order valence-electron chi connectivity index (χ3n) is 10.4. The fraction of sp³-hybridized carbons (Fsp3) is 0.500. The number of hydrogen-bond acceptors (Lipinski definition) is 9. The minimum absolute atomic E-state index is 0.0770. The first-order valence-corrected chi connectivity index (χ1v) is 17.0. The normalized spacial score (nSPS) is 22.6. The molecule has 5 rings (SSSR count). The van der Waals surface area contributed by atoms with Gasteiger partial charge in [0.05, 0.1) is 13.7 Å². The third-order valence-corrected chi connectivity index (χ3v) is 10.4. The van der Waals surface area contributed by atoms with Crippen LogP contribution in [0.1, 0.15) is 91.7 Å². The Labute approximate surface area is 282 Å². The number of aryl methyl sites for hydroxylation is 1. The number of pyridine rings is 1. The molecule has 10 nitrogen and oxygen atoms in total. The summed E-state index contributed by atoms with van der Waals surface area (Å²) in [7, 11) is 1.44. The summed E-state index contributed by atoms with van der Waals surface area (Å²) in [6, 6.07) is 8.99. The summed E-state index contributed by atoms with van der Waals surface area (Å²) in [6.45, 7) is -0.0526. The van der Waals surface area contributed by atoms with Crippen molar-refractivity contribution in [3.8, 4) is 11.5 Å². The van der Waals surface area contributed by atoms with E-state index in [1.54, 1.807) is 24.5 Å². The second-order valence-electron chi connectivity index (χ2n) is 13.5. The van der Waals surface area contributed by atoms with Crippen molar-refractivity contribution in [2.75, 3.05) is 26.1 Å². The molecular weight excluding hydrogens is 610 g/mol. The van der Waals surface area contributed by atoms with E-state index in [0.717, 1.165) is 49.8 Å². The predicted octanol–water partition coefficient (Wildman–Crippen LogP) is 4.51. The Bertz CT molecular complexity index is 1590. The Morgan fingerprint density at radius 2 is 1.88 bits per heavy atom. The second kappa shape index (κ2) is 15.9. The molecule has 0 spiro atoms. The number of rotatable bonds is 16. The van der Waals surface area contributed by atoms with Crippen LogP contribution < -0.4 is 15.5 Å². The summed E-state index contributed by atoms with van der Waals surface area (Å²) >= 11 is 0. The maximum atomic E-state index is 13.0. The lowest BCUT2D eigenvalue weighted by atomic mass is 9.63. The van der Waals surface area contributed by atoms with Gasteiger partial charge in [0.25, 0.3) is 0 Å². The van der Waals surface area contributed by atoms with Gasteiger partial charge in [-0.2, -0.15) is 11.9 Å². The van der Waals surface area contributed by atoms with Crippen molar-refractivity contribution in [3.63, 3.8) is 0 Å². The van der Waals surface area contributed by atoms with Gasteiger partial charge in [-0.3, -0.25) is 9.59 Å². The van der Waals surface area contributed by atoms with Crippen molar-refractivity contribution in [1.29, 1.82) is 0 Å². The highest BCUT2D eigenvalue weighted by Crippen LogP contribution is 2.53. The van der Waals surface area contributed by atoms with Gasteiger partial charge in [-0.15, -0.1) is 0 Å². The highest BCUT2D eigenvalue weighted by Gasteiger charge is 2.43. The summed E-state index contributed by atoms with van der Waals surface area (Å²) in [5.74, 6) is -0.117. The number of Topliss-reactive ketones (excluding diaryl/α,β-unsaturated/α-hetero) is 2. The number of hydrogen-bond donors (Lipinski definition) is 5. The molecule has 2 aliphatic rings. The van der Waals surface area contributed by atoms with Crippen molar-refractivity contribution in [2.45, 2.75) is 82.7 Å². The molecule has 0 amide bonds. The molecule has 2 heterocycles. The maximum Gasteiger partial charge on any atom is 0.170 e. The first kappa shape index (κ1) is 35.3. The topological polar surface area (TPSA) is 177 Å². The maximum absolute atomic E-state index is 13.0. The van der Waals surface area contributed by atoms with Gasteiger partial charge >= 0.3 is 0 Å². The molecule has 0 radical (unpaired) electrons. The van der Waals surface area contributed by atoms with Crippen molar-refractivity contribution in [3.05, 3.63) is 76.7 Å². The van der Waals surface area contributed by atoms with Crippen LogP contribution in [0.4, 0.5) is 5.82 Å². The fourth-order valence-electron chi connectivity index (χ4n) is 7.81. The van der Waals surface area contributed by atoms with E-state index in [1.165, 1.54) is 7.11 Å². The molecule has 1 fully saturated rings. The Kier molecular flexibility index (Phi) is 11.7. The van der Waals surface area contributed by atoms with E-state index < -0.39 is 29.0 Å². The molecule has 3 aromatic rings. The molecule has 6 N–H and O–H groups in total. The fourth-order valence-corrected chi connectivity index (χ4v) is 7.81. The Balaban J connectivity index is 1.32. The van der Waals surface area contributed by atoms with Crippen LogP contribution in [0.2, 0.25) is 0 Å². The summed E-state index contributed by atoms with van der Waals surface area (Å²) in [6.07, 6.45) is 12.8. The predicted molar refractivity (Wildman–Crippen MR) is 183 cm³/mol. The van der Waals surface area contributed by atoms with Gasteiger partial charge in [0, 0.05) is 48.1 Å². The number of nitrogen functional groups attached to an aromatic ring is 1. The Morgan fingerprint density at radius 3 is 2.58 bits per heavy atom. The van der Waals surface area contributed by atoms with Crippen LogP contribution in [-0.2, 0) is 22.4 Å². The average Bonchev–Trinajstić information content (AvgIpc) is 3.60. The van der Waals surface area contributed by atoms with Crippen LogP contribution in [-0.4, -0.2) is 63.4 Å². The number of aromatic hydroxyl groups is 1. The van der Waals surface area contributed by atoms with Crippen molar-refractivity contribution >= 4 is 23.5 Å². The van der Waals surface area contributed by atoms with E-state index in [2.05, 4.69) is 9.97 Å². The lowest BCUT2D eigenvalue weighted by Crippen LogP contribution is -2.37. The van der Waals surface area contributed by atoms with Gasteiger partial charge in [-0.05, 0) is 67.2 Å². The standard InChI is InChI=1S/C38H48N3O7/c1-48-33-21-26(10-11-32(45)36(47)31(44)9-3-7-24-5-2-6-25(19-24)14-18-42)20-30(35(33)46)34-28-13-17-41-37(39)29(28)12-15-38(34,23-43)22-27-8-4-16-40-27/h4,8,12-13,15-17,20-21,24-25,34,36,42-43,46-47H,2-3,5-7,9-11,14,18-19,22-23H2,1H3,(H2,39,41)/q-1. The van der Waals surface area contributed by atoms with Crippen LogP contribution in [0.25, 0.3) is 6.08 Å². The van der Waals surface area contributed by atoms with Gasteiger partial charge in [0.2, 0.25) is 0 Å². The van der Waals surface area contributed by atoms with E-state index in [4.69, 9.17) is 10.5 Å². The Morgan fingerprint density at radius 1 is 1.10 bits per heavy atom. The van der Waals surface area contributed by atoms with E-state index >= 15 is 0 Å². The molecule has 1 saturated carbocycles. The van der Waals surface area contributed by atoms with Gasteiger partial charge in [-0.25, -0.2) is 4.98 Å². The SMILES string of the molecule is COc1cc(CCC(=O)C(O)C(=O)CCCC2CCCC(CCO)C2)cc(C2c3ccnc(N)c3C=CC2(CO)Cc2ccc[n-]2)c1O. The van der Waals surface area contributed by atoms with Crippen molar-refractivity contribution in [2.24, 2.45) is 17.3 Å². The highest BCUT2D eigenvalue weighted by molar-refractivity contribution is 6.05. The zero-order valence-electron chi connectivity index (χ0n) is 27.7. The number of aliphatic hydroxyl groups is 3. The smallest absolute Gasteiger partial charge is 0.170 e. The molecule has 0 aliphatic heterocycles. The van der Waals surface area contributed by atoms with Crippen molar-refractivity contribution < 1.29 is 34.8 Å². The second-order valence-corrected chi connectivity index (χ2v) is 13.5. The number of fused-ring (bicyclic) bond motifs is 1. The zero-order valence-corrected chi connectivity index (χ0v) is 27.7. The zero-order chi connectivity index (χ0) is 34.3. The minimum atomic E-state index is -1.68. The number of methoxy groups -OCH3 is 1. The van der Waals surface area contributed by atoms with Crippen LogP contribution in [0.3, 0.4) is 0 Å². The number of aliphatic hydroxyl groups excluding tert-OH is 3. The number of carbonyl (C=O) groups is 2. The third kappa shape index (κ3) is 7.83. The first-order chi connectivity index (χ1) is 23.2. The van der Waals surface area contributed by atoms with E-state index in [0.29, 0.717) is 47.2 Å². The number of ether oxygens (including phenoxy) is 1. The molecule has 1 aromatic carbocycles. The number of phenols is 1. The van der Waals surface area contributed by atoms with Crippen LogP contribution in [0.15, 0.2) is 48.8 Å². The molecule has 5 atom stereocenters. The van der Waals surface area contributed by atoms with E-state index in [9.17, 15) is 30.0 Å². The summed E-state index contributed by atoms with van der Waals surface area (Å²) in [5.41, 5.74) is 8.75. The molecule has 0 bridgehead atoms. The number of anilines is 1. The minimum Gasteiger partial charge on any atom is -0.668 e. The Hall–Kier alpha value is -3.99. The molecule has 258 valence electrons. The molecule has 0 saturated heterocycles. The van der Waals surface area contributed by atoms with Gasteiger partial charge in [-0.1, -0.05) is 56.0 Å². The monoisotopic (exact) mass is 658 g/mol. The lowest BCUT2D eigenvalue weighted by molar-refractivity contribution is -0.138. The quantitative estimate of drug-likeness (QED) is 0.138. The number of ketones is 2. The van der Waals surface area contributed by atoms with Crippen LogP contribution >= 0.6 is 0 Å². The molecule has 2 aliphatic carbocycles. The number of benzene rings is 1. The van der Waals surface area contributed by atoms with Crippen LogP contribution in [0.5, 0.6) is 11.5 Å². The number of nitrogens with zero attached hydrogens (tertiary/aromatic N) is 2. The largest absolute Gasteiger partial charge is 0.668 e. The first-order valence-electron chi connectivity index (χ1n) is 17.0. The lowest BCUT2D eigenvalue weighted by Gasteiger charge is -2.42. The highest BCUT2D eigenvalue weighted by atomic mass is 16.5. The molecule has 48 heavy (non-hydrogen) atoms. The van der Waals surface area contributed by atoms with E-state index in [-0.39, 0.29) is 44.0 Å². The number of phenolic OH excluding ortho intramolecular Hbond substituents is 1. The number of aromatic nitrogens is 2. The summed E-state index contributed by atoms with van der Waals surface area (Å²) in [5, 5.41) is 42.4. The molecule has 10 heteroatoms. The van der Waals surface area contributed by atoms with Crippen molar-refractivity contribution in [1.82, 2.24) is 9.97 Å². The van der Waals surface area contributed by atoms with E-state index in [1.807, 2.05) is 30.4 Å². The summed E-state index contributed by atoms with van der Waals surface area (Å²) in [4.78, 5) is 34.5. The molecular formula is C38H48N3O7-. The average molecular weight is 659 g/mol. The molecule has 5 unspecified atom stereocenters. The van der Waals surface area contributed by atoms with Gasteiger partial charge in [0.1, 0.15) is 5.82 Å². The number of nitrogens with two attached hydrogens (primary N) is 1. The van der Waals surface area contributed by atoms with Gasteiger partial charge < -0.3 is 35.9 Å².